The Morgan fingerprint density at radius 3 is 2.86 bits per heavy atom. The molecule has 1 aliphatic heterocycles. The van der Waals surface area contributed by atoms with Crippen LogP contribution < -0.4 is 10.1 Å². The Morgan fingerprint density at radius 2 is 2.24 bits per heavy atom. The SMILES string of the molecule is CCCN1C(=O)/C(=C/c2cc(Br)c(O)c(OC)c2)NC1=S. The Hall–Kier alpha value is -1.60. The number of thiocarbonyl (C=S) groups is 1. The molecular weight excluding hydrogens is 356 g/mol. The van der Waals surface area contributed by atoms with Crippen molar-refractivity contribution in [2.45, 2.75) is 13.3 Å². The maximum absolute atomic E-state index is 12.2. The summed E-state index contributed by atoms with van der Waals surface area (Å²) < 4.78 is 5.58. The number of benzene rings is 1. The van der Waals surface area contributed by atoms with Crippen LogP contribution in [0.25, 0.3) is 6.08 Å². The van der Waals surface area contributed by atoms with Gasteiger partial charge in [0.05, 0.1) is 11.6 Å². The van der Waals surface area contributed by atoms with Crippen molar-refractivity contribution < 1.29 is 14.6 Å². The first-order chi connectivity index (χ1) is 9.97. The standard InChI is InChI=1S/C14H15BrN2O3S/c1-3-4-17-13(19)10(16-14(17)21)6-8-5-9(15)12(18)11(7-8)20-2/h5-7,18H,3-4H2,1-2H3,(H,16,21)/b10-6-. The summed E-state index contributed by atoms with van der Waals surface area (Å²) in [7, 11) is 1.47. The molecule has 2 rings (SSSR count). The lowest BCUT2D eigenvalue weighted by Crippen LogP contribution is -2.31. The molecule has 2 N–H and O–H groups in total. The number of phenolic OH excluding ortho intramolecular Hbond substituents is 1. The molecule has 1 aromatic carbocycles. The van der Waals surface area contributed by atoms with Gasteiger partial charge in [0.2, 0.25) is 0 Å². The number of hydrogen-bond acceptors (Lipinski definition) is 4. The molecular formula is C14H15BrN2O3S. The summed E-state index contributed by atoms with van der Waals surface area (Å²) in [5.74, 6) is 0.202. The molecule has 1 fully saturated rings. The average Bonchev–Trinajstić information content (AvgIpc) is 2.70. The molecule has 7 heteroatoms. The molecule has 5 nitrogen and oxygen atoms in total. The number of halogens is 1. The number of amides is 1. The second kappa shape index (κ2) is 6.44. The van der Waals surface area contributed by atoms with Gasteiger partial charge < -0.3 is 15.2 Å². The highest BCUT2D eigenvalue weighted by atomic mass is 79.9. The Balaban J connectivity index is 2.35. The minimum Gasteiger partial charge on any atom is -0.503 e. The summed E-state index contributed by atoms with van der Waals surface area (Å²) in [6.07, 6.45) is 2.51. The van der Waals surface area contributed by atoms with Crippen LogP contribution in [0.3, 0.4) is 0 Å². The van der Waals surface area contributed by atoms with Gasteiger partial charge in [-0.1, -0.05) is 6.92 Å². The van der Waals surface area contributed by atoms with Gasteiger partial charge in [-0.05, 0) is 58.3 Å². The van der Waals surface area contributed by atoms with Crippen molar-refractivity contribution in [2.75, 3.05) is 13.7 Å². The normalized spacial score (nSPS) is 16.5. The van der Waals surface area contributed by atoms with E-state index in [4.69, 9.17) is 17.0 Å². The van der Waals surface area contributed by atoms with Crippen molar-refractivity contribution in [1.29, 1.82) is 0 Å². The molecule has 0 saturated carbocycles. The fraction of sp³-hybridized carbons (Fsp3) is 0.286. The lowest BCUT2D eigenvalue weighted by molar-refractivity contribution is -0.122. The van der Waals surface area contributed by atoms with Crippen molar-refractivity contribution >= 4 is 45.2 Å². The van der Waals surface area contributed by atoms with Gasteiger partial charge in [-0.15, -0.1) is 0 Å². The van der Waals surface area contributed by atoms with Gasteiger partial charge in [-0.25, -0.2) is 0 Å². The van der Waals surface area contributed by atoms with Crippen LogP contribution in [0.15, 0.2) is 22.3 Å². The molecule has 112 valence electrons. The molecule has 0 aromatic heterocycles. The Morgan fingerprint density at radius 1 is 1.52 bits per heavy atom. The first-order valence-corrected chi connectivity index (χ1v) is 7.59. The van der Waals surface area contributed by atoms with Gasteiger partial charge in [0.1, 0.15) is 5.70 Å². The van der Waals surface area contributed by atoms with E-state index >= 15 is 0 Å². The van der Waals surface area contributed by atoms with Gasteiger partial charge in [0, 0.05) is 6.54 Å². The Labute approximate surface area is 136 Å². The van der Waals surface area contributed by atoms with Crippen LogP contribution in [0, 0.1) is 0 Å². The molecule has 0 radical (unpaired) electrons. The molecule has 0 spiro atoms. The minimum absolute atomic E-state index is 0.0217. The number of ether oxygens (including phenoxy) is 1. The third kappa shape index (κ3) is 3.19. The topological polar surface area (TPSA) is 61.8 Å². The summed E-state index contributed by atoms with van der Waals surface area (Å²) in [6, 6.07) is 3.35. The smallest absolute Gasteiger partial charge is 0.276 e. The number of methoxy groups -OCH3 is 1. The average molecular weight is 371 g/mol. The predicted molar refractivity (Wildman–Crippen MR) is 88.1 cm³/mol. The zero-order chi connectivity index (χ0) is 15.6. The molecule has 1 heterocycles. The van der Waals surface area contributed by atoms with Crippen LogP contribution in [0.5, 0.6) is 11.5 Å². The Bertz CT molecular complexity index is 631. The zero-order valence-corrected chi connectivity index (χ0v) is 14.0. The molecule has 21 heavy (non-hydrogen) atoms. The maximum atomic E-state index is 12.2. The second-order valence-electron chi connectivity index (χ2n) is 4.50. The van der Waals surface area contributed by atoms with Crippen LogP contribution in [0.4, 0.5) is 0 Å². The summed E-state index contributed by atoms with van der Waals surface area (Å²) in [5, 5.41) is 13.1. The Kier molecular flexibility index (Phi) is 4.84. The van der Waals surface area contributed by atoms with Crippen molar-refractivity contribution in [3.8, 4) is 11.5 Å². The van der Waals surface area contributed by atoms with Crippen LogP contribution >= 0.6 is 28.1 Å². The van der Waals surface area contributed by atoms with E-state index in [1.165, 1.54) is 12.0 Å². The van der Waals surface area contributed by atoms with E-state index in [1.807, 2.05) is 6.92 Å². The highest BCUT2D eigenvalue weighted by Gasteiger charge is 2.29. The van der Waals surface area contributed by atoms with Crippen LogP contribution in [0.2, 0.25) is 0 Å². The van der Waals surface area contributed by atoms with Gasteiger partial charge in [-0.2, -0.15) is 0 Å². The number of nitrogens with one attached hydrogen (secondary N) is 1. The molecule has 1 aromatic rings. The van der Waals surface area contributed by atoms with Crippen molar-refractivity contribution in [2.24, 2.45) is 0 Å². The number of phenols is 1. The number of aromatic hydroxyl groups is 1. The minimum atomic E-state index is -0.148. The summed E-state index contributed by atoms with van der Waals surface area (Å²) >= 11 is 8.40. The quantitative estimate of drug-likeness (QED) is 0.630. The van der Waals surface area contributed by atoms with E-state index < -0.39 is 0 Å². The lowest BCUT2D eigenvalue weighted by atomic mass is 10.1. The molecule has 1 saturated heterocycles. The van der Waals surface area contributed by atoms with Crippen LogP contribution in [0.1, 0.15) is 18.9 Å². The molecule has 1 aliphatic rings. The van der Waals surface area contributed by atoms with Crippen LogP contribution in [-0.2, 0) is 4.79 Å². The summed E-state index contributed by atoms with van der Waals surface area (Å²) in [6.45, 7) is 2.57. The zero-order valence-electron chi connectivity index (χ0n) is 11.6. The van der Waals surface area contributed by atoms with E-state index in [2.05, 4.69) is 21.2 Å². The third-order valence-electron chi connectivity index (χ3n) is 2.99. The number of rotatable bonds is 4. The van der Waals surface area contributed by atoms with Crippen molar-refractivity contribution in [1.82, 2.24) is 10.2 Å². The first-order valence-electron chi connectivity index (χ1n) is 6.39. The highest BCUT2D eigenvalue weighted by Crippen LogP contribution is 2.35. The molecule has 0 unspecified atom stereocenters. The fourth-order valence-corrected chi connectivity index (χ4v) is 2.74. The lowest BCUT2D eigenvalue weighted by Gasteiger charge is -2.11. The second-order valence-corrected chi connectivity index (χ2v) is 5.74. The van der Waals surface area contributed by atoms with Gasteiger partial charge in [-0.3, -0.25) is 9.69 Å². The van der Waals surface area contributed by atoms with Gasteiger partial charge >= 0.3 is 0 Å². The number of carbonyl (C=O) groups is 1. The van der Waals surface area contributed by atoms with Crippen molar-refractivity contribution in [3.05, 3.63) is 27.9 Å². The van der Waals surface area contributed by atoms with E-state index in [1.54, 1.807) is 18.2 Å². The highest BCUT2D eigenvalue weighted by molar-refractivity contribution is 9.10. The summed E-state index contributed by atoms with van der Waals surface area (Å²) in [5.41, 5.74) is 1.13. The van der Waals surface area contributed by atoms with Gasteiger partial charge in [0.25, 0.3) is 5.91 Å². The van der Waals surface area contributed by atoms with Gasteiger partial charge in [0.15, 0.2) is 16.6 Å². The summed E-state index contributed by atoms with van der Waals surface area (Å²) in [4.78, 5) is 13.8. The largest absolute Gasteiger partial charge is 0.503 e. The maximum Gasteiger partial charge on any atom is 0.276 e. The van der Waals surface area contributed by atoms with E-state index in [9.17, 15) is 9.90 Å². The number of carbonyl (C=O) groups excluding carboxylic acids is 1. The van der Waals surface area contributed by atoms with Crippen LogP contribution in [-0.4, -0.2) is 34.7 Å². The molecule has 0 bridgehead atoms. The molecule has 1 amide bonds. The molecule has 0 atom stereocenters. The van der Waals surface area contributed by atoms with E-state index in [-0.39, 0.29) is 11.7 Å². The van der Waals surface area contributed by atoms with E-state index in [0.29, 0.717) is 33.1 Å². The molecule has 0 aliphatic carbocycles. The predicted octanol–water partition coefficient (Wildman–Crippen LogP) is 2.63. The van der Waals surface area contributed by atoms with Crippen molar-refractivity contribution in [3.63, 3.8) is 0 Å². The third-order valence-corrected chi connectivity index (χ3v) is 3.92. The number of hydrogen-bond donors (Lipinski definition) is 2. The van der Waals surface area contributed by atoms with E-state index in [0.717, 1.165) is 6.42 Å². The fourth-order valence-electron chi connectivity index (χ4n) is 2.00. The number of nitrogens with zero attached hydrogens (tertiary/aromatic N) is 1. The monoisotopic (exact) mass is 370 g/mol. The first kappa shape index (κ1) is 15.8.